The van der Waals surface area contributed by atoms with E-state index in [1.54, 1.807) is 0 Å². The van der Waals surface area contributed by atoms with Gasteiger partial charge < -0.3 is 0 Å². The van der Waals surface area contributed by atoms with Crippen molar-refractivity contribution in [3.63, 3.8) is 0 Å². The summed E-state index contributed by atoms with van der Waals surface area (Å²) in [6.07, 6.45) is 45.0. The van der Waals surface area contributed by atoms with Crippen LogP contribution in [0.2, 0.25) is 0 Å². The van der Waals surface area contributed by atoms with Gasteiger partial charge >= 0.3 is 0 Å². The van der Waals surface area contributed by atoms with Crippen LogP contribution in [0.4, 0.5) is 0 Å². The van der Waals surface area contributed by atoms with E-state index in [0.717, 1.165) is 0 Å². The van der Waals surface area contributed by atoms with E-state index < -0.39 is 0 Å². The first-order valence-corrected chi connectivity index (χ1v) is 15.0. The van der Waals surface area contributed by atoms with Crippen LogP contribution in [0.1, 0.15) is 193 Å². The fourth-order valence-electron chi connectivity index (χ4n) is 5.30. The molecule has 0 saturated heterocycles. The second-order valence-electron chi connectivity index (χ2n) is 10.6. The molecule has 3 aliphatic rings. The molecule has 0 amide bonds. The summed E-state index contributed by atoms with van der Waals surface area (Å²) in [4.78, 5) is 0. The average molecular weight is 421 g/mol. The first-order valence-electron chi connectivity index (χ1n) is 15.0. The minimum absolute atomic E-state index is 1.50. The summed E-state index contributed by atoms with van der Waals surface area (Å²) in [5.41, 5.74) is 0. The number of hydrogen-bond donors (Lipinski definition) is 0. The van der Waals surface area contributed by atoms with Crippen LogP contribution in [0.5, 0.6) is 0 Å². The van der Waals surface area contributed by atoms with Crippen molar-refractivity contribution in [3.05, 3.63) is 0 Å². The normalized spacial score (nSPS) is 24.0. The molecule has 30 heavy (non-hydrogen) atoms. The predicted molar refractivity (Wildman–Crippen MR) is 139 cm³/mol. The highest BCUT2D eigenvalue weighted by molar-refractivity contribution is 4.53. The van der Waals surface area contributed by atoms with Crippen LogP contribution in [0, 0.1) is 0 Å². The molecule has 0 unspecified atom stereocenters. The Bertz CT molecular complexity index is 147. The van der Waals surface area contributed by atoms with Crippen molar-refractivity contribution in [1.82, 2.24) is 0 Å². The van der Waals surface area contributed by atoms with Gasteiger partial charge in [-0.3, -0.25) is 0 Å². The van der Waals surface area contributed by atoms with Gasteiger partial charge in [0.25, 0.3) is 0 Å². The van der Waals surface area contributed by atoms with E-state index in [9.17, 15) is 0 Å². The van der Waals surface area contributed by atoms with Crippen LogP contribution in [0.25, 0.3) is 0 Å². The Balaban J connectivity index is 0.000000225. The summed E-state index contributed by atoms with van der Waals surface area (Å²) in [6.45, 7) is 0. The summed E-state index contributed by atoms with van der Waals surface area (Å²) < 4.78 is 0. The maximum absolute atomic E-state index is 1.50. The van der Waals surface area contributed by atoms with Crippen LogP contribution >= 0.6 is 0 Å². The monoisotopic (exact) mass is 420 g/mol. The molecule has 0 aromatic carbocycles. The minimum Gasteiger partial charge on any atom is -0.0533 e. The molecule has 0 heterocycles. The molecule has 180 valence electrons. The van der Waals surface area contributed by atoms with Crippen molar-refractivity contribution in [2.75, 3.05) is 0 Å². The van der Waals surface area contributed by atoms with Gasteiger partial charge in [-0.1, -0.05) is 193 Å². The number of rotatable bonds is 0. The molecule has 3 saturated carbocycles. The third kappa shape index (κ3) is 22.7. The van der Waals surface area contributed by atoms with Gasteiger partial charge in [0, 0.05) is 0 Å². The maximum atomic E-state index is 1.50. The lowest BCUT2D eigenvalue weighted by Crippen LogP contribution is -1.85. The molecule has 3 aliphatic carbocycles. The fourth-order valence-corrected chi connectivity index (χ4v) is 5.30. The zero-order chi connectivity index (χ0) is 21.2. The molecule has 3 fully saturated rings. The fraction of sp³-hybridized carbons (Fsp3) is 1.00. The highest BCUT2D eigenvalue weighted by atomic mass is 14.0. The molecule has 0 bridgehead atoms. The van der Waals surface area contributed by atoms with E-state index in [1.165, 1.54) is 193 Å². The Hall–Kier alpha value is 0. The van der Waals surface area contributed by atoms with Crippen LogP contribution in [0.3, 0.4) is 0 Å². The van der Waals surface area contributed by atoms with E-state index in [1.807, 2.05) is 0 Å². The van der Waals surface area contributed by atoms with Crippen molar-refractivity contribution >= 4 is 0 Å². The minimum atomic E-state index is 1.50. The summed E-state index contributed by atoms with van der Waals surface area (Å²) >= 11 is 0. The summed E-state index contributed by atoms with van der Waals surface area (Å²) in [7, 11) is 0. The van der Waals surface area contributed by atoms with Gasteiger partial charge in [0.15, 0.2) is 0 Å². The topological polar surface area (TPSA) is 0 Å². The molecule has 0 aliphatic heterocycles. The van der Waals surface area contributed by atoms with Crippen LogP contribution < -0.4 is 0 Å². The van der Waals surface area contributed by atoms with Gasteiger partial charge in [-0.2, -0.15) is 0 Å². The molecule has 0 heteroatoms. The smallest absolute Gasteiger partial charge is 0.0533 e. The largest absolute Gasteiger partial charge is 0.0533 e. The third-order valence-corrected chi connectivity index (χ3v) is 7.50. The Kier molecular flexibility index (Phi) is 23.6. The Morgan fingerprint density at radius 1 is 0.0667 bits per heavy atom. The zero-order valence-corrected chi connectivity index (χ0v) is 21.2. The Labute approximate surface area is 192 Å². The second-order valence-corrected chi connectivity index (χ2v) is 10.6. The van der Waals surface area contributed by atoms with Crippen LogP contribution in [-0.4, -0.2) is 0 Å². The summed E-state index contributed by atoms with van der Waals surface area (Å²) in [5.74, 6) is 0. The van der Waals surface area contributed by atoms with Crippen molar-refractivity contribution in [2.24, 2.45) is 0 Å². The molecular formula is C30H60. The van der Waals surface area contributed by atoms with Gasteiger partial charge in [0.05, 0.1) is 0 Å². The lowest BCUT2D eigenvalue weighted by Gasteiger charge is -2.05. The molecule has 0 atom stereocenters. The molecular weight excluding hydrogens is 360 g/mol. The first-order chi connectivity index (χ1) is 15.0. The van der Waals surface area contributed by atoms with Crippen molar-refractivity contribution < 1.29 is 0 Å². The highest BCUT2D eigenvalue weighted by Crippen LogP contribution is 2.17. The summed E-state index contributed by atoms with van der Waals surface area (Å²) in [5, 5.41) is 0. The van der Waals surface area contributed by atoms with E-state index in [4.69, 9.17) is 0 Å². The molecule has 0 spiro atoms. The zero-order valence-electron chi connectivity index (χ0n) is 21.2. The van der Waals surface area contributed by atoms with E-state index in [-0.39, 0.29) is 0 Å². The van der Waals surface area contributed by atoms with E-state index in [0.29, 0.717) is 0 Å². The molecule has 0 N–H and O–H groups in total. The molecule has 0 aromatic rings. The maximum Gasteiger partial charge on any atom is -0.0533 e. The van der Waals surface area contributed by atoms with E-state index >= 15 is 0 Å². The molecule has 3 rings (SSSR count). The Morgan fingerprint density at radius 3 is 0.133 bits per heavy atom. The SMILES string of the molecule is C1CCCCCCCCC1.C1CCCCCCCCC1.C1CCCCCCCCC1. The standard InChI is InChI=1S/3C10H20/c3*1-2-4-6-8-10-9-7-5-3-1/h3*1-10H2. The molecule has 0 aromatic heterocycles. The third-order valence-electron chi connectivity index (χ3n) is 7.50. The predicted octanol–water partition coefficient (Wildman–Crippen LogP) is 11.7. The lowest BCUT2D eigenvalue weighted by atomic mass is 10.0. The first kappa shape index (κ1) is 28.0. The van der Waals surface area contributed by atoms with Gasteiger partial charge in [-0.15, -0.1) is 0 Å². The second kappa shape index (κ2) is 25.3. The van der Waals surface area contributed by atoms with Gasteiger partial charge in [0.2, 0.25) is 0 Å². The van der Waals surface area contributed by atoms with Crippen LogP contribution in [-0.2, 0) is 0 Å². The number of hydrogen-bond acceptors (Lipinski definition) is 0. The van der Waals surface area contributed by atoms with Crippen LogP contribution in [0.15, 0.2) is 0 Å². The van der Waals surface area contributed by atoms with Gasteiger partial charge in [-0.05, 0) is 0 Å². The van der Waals surface area contributed by atoms with Gasteiger partial charge in [0.1, 0.15) is 0 Å². The van der Waals surface area contributed by atoms with Gasteiger partial charge in [-0.25, -0.2) is 0 Å². The lowest BCUT2D eigenvalue weighted by molar-refractivity contribution is 0.504. The highest BCUT2D eigenvalue weighted by Gasteiger charge is 1.97. The van der Waals surface area contributed by atoms with Crippen molar-refractivity contribution in [3.8, 4) is 0 Å². The summed E-state index contributed by atoms with van der Waals surface area (Å²) in [6, 6.07) is 0. The van der Waals surface area contributed by atoms with E-state index in [2.05, 4.69) is 0 Å². The quantitative estimate of drug-likeness (QED) is 0.365. The van der Waals surface area contributed by atoms with Crippen molar-refractivity contribution in [2.45, 2.75) is 193 Å². The molecule has 0 nitrogen and oxygen atoms in total. The Morgan fingerprint density at radius 2 is 0.100 bits per heavy atom. The average Bonchev–Trinajstić information content (AvgIpc) is 2.81. The molecule has 0 radical (unpaired) electrons. The van der Waals surface area contributed by atoms with Crippen molar-refractivity contribution in [1.29, 1.82) is 0 Å².